The molecule has 0 saturated heterocycles. The quantitative estimate of drug-likeness (QED) is 0.356. The summed E-state index contributed by atoms with van der Waals surface area (Å²) in [5, 5.41) is 21.3. The van der Waals surface area contributed by atoms with Crippen molar-refractivity contribution in [2.75, 3.05) is 17.7 Å². The molecule has 8 nitrogen and oxygen atoms in total. The van der Waals surface area contributed by atoms with Crippen LogP contribution >= 0.6 is 0 Å². The molecule has 33 heavy (non-hydrogen) atoms. The fraction of sp³-hybridized carbons (Fsp3) is 0.240. The Morgan fingerprint density at radius 2 is 1.94 bits per heavy atom. The van der Waals surface area contributed by atoms with Gasteiger partial charge in [0.2, 0.25) is 0 Å². The van der Waals surface area contributed by atoms with Gasteiger partial charge in [0.25, 0.3) is 0 Å². The molecule has 0 fully saturated rings. The smallest absolute Gasteiger partial charge is 0.175 e. The highest BCUT2D eigenvalue weighted by Crippen LogP contribution is 2.32. The Hall–Kier alpha value is -4.07. The molecule has 8 heteroatoms. The average molecular weight is 446 g/mol. The van der Waals surface area contributed by atoms with Gasteiger partial charge in [-0.1, -0.05) is 44.6 Å². The van der Waals surface area contributed by atoms with E-state index in [9.17, 15) is 5.11 Å². The molecule has 3 N–H and O–H groups in total. The Balaban J connectivity index is 1.49. The lowest BCUT2D eigenvalue weighted by Crippen LogP contribution is -2.10. The maximum absolute atomic E-state index is 10.0. The van der Waals surface area contributed by atoms with Gasteiger partial charge in [0, 0.05) is 35.0 Å². The third-order valence-electron chi connectivity index (χ3n) is 5.14. The van der Waals surface area contributed by atoms with Crippen molar-refractivity contribution in [3.63, 3.8) is 0 Å². The molecule has 0 spiro atoms. The normalized spacial score (nSPS) is 11.4. The number of hydrogen-bond donors (Lipinski definition) is 3. The van der Waals surface area contributed by atoms with Gasteiger partial charge in [0.05, 0.1) is 18.3 Å². The van der Waals surface area contributed by atoms with Crippen LogP contribution in [-0.4, -0.2) is 27.3 Å². The van der Waals surface area contributed by atoms with Gasteiger partial charge in [-0.3, -0.25) is 0 Å². The molecular weight excluding hydrogens is 418 g/mol. The summed E-state index contributed by atoms with van der Waals surface area (Å²) in [7, 11) is 1.52. The lowest BCUT2D eigenvalue weighted by molar-refractivity contribution is 0.331. The minimum Gasteiger partial charge on any atom is -0.504 e. The lowest BCUT2D eigenvalue weighted by atomic mass is 9.93. The molecule has 0 bridgehead atoms. The van der Waals surface area contributed by atoms with Gasteiger partial charge in [0.15, 0.2) is 17.3 Å². The van der Waals surface area contributed by atoms with Crippen LogP contribution in [0, 0.1) is 0 Å². The van der Waals surface area contributed by atoms with Crippen molar-refractivity contribution in [2.24, 2.45) is 0 Å². The van der Waals surface area contributed by atoms with Crippen molar-refractivity contribution in [1.29, 1.82) is 0 Å². The second kappa shape index (κ2) is 8.82. The van der Waals surface area contributed by atoms with E-state index in [1.165, 1.54) is 13.4 Å². The van der Waals surface area contributed by atoms with Crippen molar-refractivity contribution in [3.05, 3.63) is 78.2 Å². The Bertz CT molecular complexity index is 1310. The van der Waals surface area contributed by atoms with Crippen molar-refractivity contribution >= 4 is 22.4 Å². The summed E-state index contributed by atoms with van der Waals surface area (Å²) in [6, 6.07) is 13.2. The van der Waals surface area contributed by atoms with E-state index >= 15 is 0 Å². The first-order valence-electron chi connectivity index (χ1n) is 10.5. The molecule has 2 aromatic carbocycles. The minimum absolute atomic E-state index is 0.0496. The first-order valence-corrected chi connectivity index (χ1v) is 10.5. The highest BCUT2D eigenvalue weighted by Gasteiger charge is 2.19. The van der Waals surface area contributed by atoms with Crippen LogP contribution in [0.3, 0.4) is 0 Å². The fourth-order valence-electron chi connectivity index (χ4n) is 3.43. The number of ether oxygens (including phenoxy) is 1. The number of phenolic OH excluding ortho intramolecular Hbond substituents is 1. The molecule has 4 aromatic rings. The van der Waals surface area contributed by atoms with E-state index in [0.29, 0.717) is 29.3 Å². The largest absolute Gasteiger partial charge is 0.504 e. The van der Waals surface area contributed by atoms with Gasteiger partial charge in [-0.05, 0) is 23.8 Å². The second-order valence-electron chi connectivity index (χ2n) is 8.79. The molecule has 170 valence electrons. The Kier molecular flexibility index (Phi) is 5.91. The number of aromatic nitrogens is 3. The maximum atomic E-state index is 10.0. The zero-order valence-corrected chi connectivity index (χ0v) is 19.1. The van der Waals surface area contributed by atoms with E-state index in [4.69, 9.17) is 9.26 Å². The Morgan fingerprint density at radius 3 is 2.67 bits per heavy atom. The van der Waals surface area contributed by atoms with Crippen LogP contribution in [0.2, 0.25) is 0 Å². The highest BCUT2D eigenvalue weighted by atomic mass is 16.5. The summed E-state index contributed by atoms with van der Waals surface area (Å²) in [5.41, 5.74) is 3.30. The van der Waals surface area contributed by atoms with Crippen molar-refractivity contribution in [3.8, 4) is 11.5 Å². The van der Waals surface area contributed by atoms with Crippen LogP contribution in [0.1, 0.15) is 37.8 Å². The predicted octanol–water partition coefficient (Wildman–Crippen LogP) is 5.22. The molecule has 0 aliphatic carbocycles. The standard InChI is InChI=1S/C25H27N5O3/c1-15(29-24-13-23(33-30-24)25(2,3)4)28-17-8-6-7-16(9-17)10-19-18-11-22(32-5)21(31)12-20(18)27-14-26-19/h6-9,11-14,28,31H,1,10H2,2-5H3,(H,29,30). The molecule has 0 atom stereocenters. The number of aromatic hydroxyl groups is 1. The third kappa shape index (κ3) is 5.06. The fourth-order valence-corrected chi connectivity index (χ4v) is 3.43. The van der Waals surface area contributed by atoms with Crippen LogP contribution in [0.5, 0.6) is 11.5 Å². The van der Waals surface area contributed by atoms with Gasteiger partial charge in [-0.25, -0.2) is 9.97 Å². The summed E-state index contributed by atoms with van der Waals surface area (Å²) < 4.78 is 10.7. The van der Waals surface area contributed by atoms with Crippen LogP contribution in [0.25, 0.3) is 10.9 Å². The van der Waals surface area contributed by atoms with Gasteiger partial charge in [-0.2, -0.15) is 0 Å². The number of hydrogen-bond acceptors (Lipinski definition) is 8. The SMILES string of the molecule is C=C(Nc1cccc(Cc2ncnc3cc(O)c(OC)cc23)c1)Nc1cc(C(C)(C)C)on1. The molecule has 0 aliphatic rings. The number of benzene rings is 2. The van der Waals surface area contributed by atoms with E-state index in [1.807, 2.05) is 30.3 Å². The van der Waals surface area contributed by atoms with Gasteiger partial charge in [-0.15, -0.1) is 0 Å². The minimum atomic E-state index is -0.121. The van der Waals surface area contributed by atoms with Crippen LogP contribution in [0.15, 0.2) is 65.7 Å². The van der Waals surface area contributed by atoms with E-state index in [1.54, 1.807) is 12.1 Å². The Labute approximate surface area is 192 Å². The summed E-state index contributed by atoms with van der Waals surface area (Å²) in [4.78, 5) is 8.72. The zero-order valence-electron chi connectivity index (χ0n) is 19.1. The molecule has 0 saturated carbocycles. The van der Waals surface area contributed by atoms with Gasteiger partial charge in [0.1, 0.15) is 17.9 Å². The van der Waals surface area contributed by atoms with Gasteiger partial charge < -0.3 is 25.0 Å². The number of nitrogens with zero attached hydrogens (tertiary/aromatic N) is 3. The number of nitrogens with one attached hydrogen (secondary N) is 2. The third-order valence-corrected chi connectivity index (χ3v) is 5.14. The summed E-state index contributed by atoms with van der Waals surface area (Å²) >= 11 is 0. The number of phenols is 1. The van der Waals surface area contributed by atoms with E-state index in [-0.39, 0.29) is 11.2 Å². The molecule has 0 amide bonds. The topological polar surface area (TPSA) is 105 Å². The summed E-state index contributed by atoms with van der Waals surface area (Å²) in [6.45, 7) is 10.2. The zero-order chi connectivity index (χ0) is 23.6. The van der Waals surface area contributed by atoms with E-state index in [0.717, 1.165) is 28.1 Å². The number of methoxy groups -OCH3 is 1. The molecule has 2 aromatic heterocycles. The Morgan fingerprint density at radius 1 is 1.12 bits per heavy atom. The van der Waals surface area contributed by atoms with Crippen molar-refractivity contribution in [2.45, 2.75) is 32.6 Å². The van der Waals surface area contributed by atoms with Crippen molar-refractivity contribution in [1.82, 2.24) is 15.1 Å². The summed E-state index contributed by atoms with van der Waals surface area (Å²) in [6.07, 6.45) is 2.09. The first kappa shape index (κ1) is 22.1. The van der Waals surface area contributed by atoms with E-state index < -0.39 is 0 Å². The molecule has 2 heterocycles. The first-order chi connectivity index (χ1) is 15.7. The molecule has 4 rings (SSSR count). The lowest BCUT2D eigenvalue weighted by Gasteiger charge is -2.13. The second-order valence-corrected chi connectivity index (χ2v) is 8.79. The summed E-state index contributed by atoms with van der Waals surface area (Å²) in [5.74, 6) is 2.40. The van der Waals surface area contributed by atoms with Crippen molar-refractivity contribution < 1.29 is 14.4 Å². The van der Waals surface area contributed by atoms with Crippen LogP contribution < -0.4 is 15.4 Å². The highest BCUT2D eigenvalue weighted by molar-refractivity contribution is 5.84. The molecule has 0 radical (unpaired) electrons. The van der Waals surface area contributed by atoms with Crippen LogP contribution in [-0.2, 0) is 11.8 Å². The van der Waals surface area contributed by atoms with E-state index in [2.05, 4.69) is 53.1 Å². The van der Waals surface area contributed by atoms with Crippen LogP contribution in [0.4, 0.5) is 11.5 Å². The maximum Gasteiger partial charge on any atom is 0.175 e. The predicted molar refractivity (Wildman–Crippen MR) is 129 cm³/mol. The number of anilines is 2. The number of fused-ring (bicyclic) bond motifs is 1. The average Bonchev–Trinajstić information content (AvgIpc) is 3.22. The molecular formula is C25H27N5O3. The molecule has 0 aliphatic heterocycles. The monoisotopic (exact) mass is 445 g/mol. The van der Waals surface area contributed by atoms with Gasteiger partial charge >= 0.3 is 0 Å². The number of rotatable bonds is 7. The molecule has 0 unspecified atom stereocenters.